The molecule has 3 heterocycles. The van der Waals surface area contributed by atoms with Gasteiger partial charge in [0, 0.05) is 35.4 Å². The van der Waals surface area contributed by atoms with Crippen molar-refractivity contribution in [3.05, 3.63) is 70.2 Å². The molecule has 0 aliphatic carbocycles. The van der Waals surface area contributed by atoms with Crippen molar-refractivity contribution < 1.29 is 9.53 Å². The Balaban J connectivity index is 1.81. The number of amides is 1. The van der Waals surface area contributed by atoms with Crippen LogP contribution in [0, 0.1) is 11.8 Å². The monoisotopic (exact) mass is 444 g/mol. The maximum Gasteiger partial charge on any atom is 0.239 e. The zero-order chi connectivity index (χ0) is 22.9. The van der Waals surface area contributed by atoms with Gasteiger partial charge in [-0.05, 0) is 54.6 Å². The number of likely N-dealkylation sites (N-methyl/N-ethyl adjacent to an activating group) is 1. The predicted octanol–water partition coefficient (Wildman–Crippen LogP) is 3.98. The number of thiophene rings is 1. The Labute approximate surface area is 191 Å². The summed E-state index contributed by atoms with van der Waals surface area (Å²) in [5.41, 5.74) is 9.00. The summed E-state index contributed by atoms with van der Waals surface area (Å²) in [6.07, 6.45) is 3.56. The van der Waals surface area contributed by atoms with Gasteiger partial charge < -0.3 is 10.5 Å². The maximum absolute atomic E-state index is 13.4. The number of benzene rings is 1. The van der Waals surface area contributed by atoms with Crippen molar-refractivity contribution in [1.82, 2.24) is 9.88 Å². The predicted molar refractivity (Wildman–Crippen MR) is 128 cm³/mol. The van der Waals surface area contributed by atoms with Crippen LogP contribution in [0.4, 0.5) is 0 Å². The summed E-state index contributed by atoms with van der Waals surface area (Å²) in [7, 11) is 3.27. The molecule has 0 spiro atoms. The van der Waals surface area contributed by atoms with E-state index in [9.17, 15) is 4.79 Å². The van der Waals surface area contributed by atoms with Crippen molar-refractivity contribution in [1.29, 1.82) is 0 Å². The molecule has 32 heavy (non-hydrogen) atoms. The van der Waals surface area contributed by atoms with E-state index >= 15 is 0 Å². The third-order valence-corrected chi connectivity index (χ3v) is 6.88. The molecule has 0 bridgehead atoms. The highest BCUT2D eigenvalue weighted by Gasteiger charge is 2.48. The lowest BCUT2D eigenvalue weighted by Crippen LogP contribution is -2.52. The first kappa shape index (κ1) is 21.6. The minimum Gasteiger partial charge on any atom is -0.497 e. The summed E-state index contributed by atoms with van der Waals surface area (Å²) >= 11 is 1.56. The molecule has 0 saturated heterocycles. The Morgan fingerprint density at radius 3 is 2.62 bits per heavy atom. The molecule has 1 unspecified atom stereocenters. The van der Waals surface area contributed by atoms with Gasteiger partial charge in [0.15, 0.2) is 5.96 Å². The van der Waals surface area contributed by atoms with Gasteiger partial charge in [-0.3, -0.25) is 14.7 Å². The Bertz CT molecular complexity index is 1250. The van der Waals surface area contributed by atoms with E-state index in [0.29, 0.717) is 0 Å². The second-order valence-electron chi connectivity index (χ2n) is 7.76. The van der Waals surface area contributed by atoms with Gasteiger partial charge in [-0.1, -0.05) is 18.1 Å². The van der Waals surface area contributed by atoms with Crippen molar-refractivity contribution >= 4 is 23.2 Å². The van der Waals surface area contributed by atoms with Crippen LogP contribution in [0.15, 0.2) is 59.2 Å². The lowest BCUT2D eigenvalue weighted by Gasteiger charge is -2.40. The molecule has 2 aromatic heterocycles. The number of aromatic nitrogens is 1. The number of nitrogens with two attached hydrogens (primary N) is 1. The molecule has 6 nitrogen and oxygen atoms in total. The van der Waals surface area contributed by atoms with Crippen LogP contribution >= 0.6 is 11.3 Å². The van der Waals surface area contributed by atoms with Crippen LogP contribution in [-0.2, 0) is 10.3 Å². The van der Waals surface area contributed by atoms with Crippen LogP contribution < -0.4 is 10.5 Å². The summed E-state index contributed by atoms with van der Waals surface area (Å²) in [5, 5.41) is 2.06. The van der Waals surface area contributed by atoms with Gasteiger partial charge in [-0.25, -0.2) is 4.99 Å². The van der Waals surface area contributed by atoms with Crippen LogP contribution in [0.2, 0.25) is 0 Å². The summed E-state index contributed by atoms with van der Waals surface area (Å²) in [6.45, 7) is 3.77. The molecule has 1 amide bonds. The number of carbonyl (C=O) groups excluding carboxylic acids is 1. The summed E-state index contributed by atoms with van der Waals surface area (Å²) < 4.78 is 5.28. The number of guanidine groups is 1. The van der Waals surface area contributed by atoms with Gasteiger partial charge in [-0.15, -0.1) is 17.3 Å². The van der Waals surface area contributed by atoms with E-state index in [1.165, 1.54) is 4.90 Å². The molecule has 0 radical (unpaired) electrons. The van der Waals surface area contributed by atoms with Gasteiger partial charge in [0.05, 0.1) is 13.0 Å². The number of carbonyl (C=O) groups is 1. The molecule has 4 rings (SSSR count). The van der Waals surface area contributed by atoms with Crippen LogP contribution in [0.3, 0.4) is 0 Å². The zero-order valence-corrected chi connectivity index (χ0v) is 19.2. The van der Waals surface area contributed by atoms with Crippen LogP contribution in [0.1, 0.15) is 35.8 Å². The zero-order valence-electron chi connectivity index (χ0n) is 18.4. The minimum atomic E-state index is -0.848. The van der Waals surface area contributed by atoms with Gasteiger partial charge in [0.25, 0.3) is 0 Å². The van der Waals surface area contributed by atoms with Crippen molar-refractivity contribution in [3.8, 4) is 28.7 Å². The molecule has 1 aromatic carbocycles. The molecule has 0 saturated carbocycles. The fourth-order valence-electron chi connectivity index (χ4n) is 3.95. The average molecular weight is 445 g/mol. The fraction of sp³-hybridized carbons (Fsp3) is 0.240. The summed E-state index contributed by atoms with van der Waals surface area (Å²) in [4.78, 5) is 24.9. The normalized spacial score (nSPS) is 20.4. The Kier molecular flexibility index (Phi) is 5.72. The molecular weight excluding hydrogens is 420 g/mol. The quantitative estimate of drug-likeness (QED) is 0.618. The average Bonchev–Trinajstić information content (AvgIpc) is 3.30. The largest absolute Gasteiger partial charge is 0.497 e. The number of hydrogen-bond acceptors (Lipinski definition) is 6. The van der Waals surface area contributed by atoms with E-state index in [-0.39, 0.29) is 11.9 Å². The summed E-state index contributed by atoms with van der Waals surface area (Å²) in [5.74, 6) is 6.27. The minimum absolute atomic E-state index is 0.0954. The number of hydrogen-bond donors (Lipinski definition) is 1. The summed E-state index contributed by atoms with van der Waals surface area (Å²) in [6, 6.07) is 11.6. The first-order valence-corrected chi connectivity index (χ1v) is 11.0. The van der Waals surface area contributed by atoms with E-state index in [4.69, 9.17) is 15.5 Å². The number of pyridine rings is 1. The lowest BCUT2D eigenvalue weighted by molar-refractivity contribution is -0.130. The Morgan fingerprint density at radius 1 is 1.19 bits per heavy atom. The number of rotatable bonds is 4. The molecule has 162 valence electrons. The standard InChI is InChI=1S/C25H24N4O2S/c1-5-6-16-11-18(14-27-13-16)19-12-21(32-15-19)25(2)22(23(30)29(3)24(26)28-25)17-7-9-20(31-4)10-8-17/h7-15,22H,1-4H3,(H2,26,28)/t22?,25-/m1/s1. The molecule has 1 aliphatic rings. The third kappa shape index (κ3) is 3.74. The van der Waals surface area contributed by atoms with Gasteiger partial charge in [-0.2, -0.15) is 0 Å². The second kappa shape index (κ2) is 8.48. The highest BCUT2D eigenvalue weighted by atomic mass is 32.1. The first-order chi connectivity index (χ1) is 15.4. The van der Waals surface area contributed by atoms with Crippen molar-refractivity contribution in [2.24, 2.45) is 10.7 Å². The highest BCUT2D eigenvalue weighted by Crippen LogP contribution is 2.47. The molecule has 1 aliphatic heterocycles. The Morgan fingerprint density at radius 2 is 1.94 bits per heavy atom. The van der Waals surface area contributed by atoms with Gasteiger partial charge in [0.1, 0.15) is 11.3 Å². The van der Waals surface area contributed by atoms with Gasteiger partial charge in [0.2, 0.25) is 5.91 Å². The number of methoxy groups -OCH3 is 1. The first-order valence-electron chi connectivity index (χ1n) is 10.1. The number of nitrogens with zero attached hydrogens (tertiary/aromatic N) is 3. The molecule has 0 fully saturated rings. The van der Waals surface area contributed by atoms with E-state index in [1.54, 1.807) is 38.6 Å². The van der Waals surface area contributed by atoms with Gasteiger partial charge >= 0.3 is 0 Å². The topological polar surface area (TPSA) is 80.8 Å². The fourth-order valence-corrected chi connectivity index (χ4v) is 5.00. The maximum atomic E-state index is 13.4. The molecule has 2 N–H and O–H groups in total. The lowest BCUT2D eigenvalue weighted by atomic mass is 9.77. The molecular formula is C25H24N4O2S. The van der Waals surface area contributed by atoms with Crippen LogP contribution in [0.25, 0.3) is 11.1 Å². The SMILES string of the molecule is CC#Cc1cncc(-c2csc([C@@]3(C)N=C(N)N(C)C(=O)C3c3ccc(OC)cc3)c2)c1. The third-order valence-electron chi connectivity index (χ3n) is 5.72. The van der Waals surface area contributed by atoms with Crippen molar-refractivity contribution in [2.45, 2.75) is 25.3 Å². The molecule has 7 heteroatoms. The smallest absolute Gasteiger partial charge is 0.239 e. The molecule has 3 aromatic rings. The number of aliphatic imine (C=N–C) groups is 1. The second-order valence-corrected chi connectivity index (χ2v) is 8.67. The van der Waals surface area contributed by atoms with E-state index in [0.717, 1.165) is 32.9 Å². The molecule has 2 atom stereocenters. The van der Waals surface area contributed by atoms with E-state index in [2.05, 4.69) is 28.3 Å². The Hall–Kier alpha value is -3.63. The highest BCUT2D eigenvalue weighted by molar-refractivity contribution is 7.10. The van der Waals surface area contributed by atoms with E-state index < -0.39 is 11.5 Å². The van der Waals surface area contributed by atoms with Crippen LogP contribution in [-0.4, -0.2) is 35.9 Å². The van der Waals surface area contributed by atoms with Crippen LogP contribution in [0.5, 0.6) is 5.75 Å². The van der Waals surface area contributed by atoms with Crippen molar-refractivity contribution in [2.75, 3.05) is 14.2 Å². The number of ether oxygens (including phenoxy) is 1. The van der Waals surface area contributed by atoms with Crippen molar-refractivity contribution in [3.63, 3.8) is 0 Å². The van der Waals surface area contributed by atoms with E-state index in [1.807, 2.05) is 43.5 Å².